The van der Waals surface area contributed by atoms with Crippen molar-refractivity contribution in [2.45, 2.75) is 51.8 Å². The first kappa shape index (κ1) is 15.8. The number of urea groups is 1. The van der Waals surface area contributed by atoms with E-state index in [0.717, 1.165) is 12.1 Å². The van der Waals surface area contributed by atoms with E-state index in [1.807, 2.05) is 25.1 Å². The molecule has 1 fully saturated rings. The third-order valence-corrected chi connectivity index (χ3v) is 5.06. The first-order valence-corrected chi connectivity index (χ1v) is 7.33. The third kappa shape index (κ3) is 2.88. The van der Waals surface area contributed by atoms with Gasteiger partial charge in [-0.25, -0.2) is 4.79 Å². The summed E-state index contributed by atoms with van der Waals surface area (Å²) in [7, 11) is 1.72. The summed E-state index contributed by atoms with van der Waals surface area (Å²) in [5.74, 6) is 0. The first-order chi connectivity index (χ1) is 9.80. The molecule has 2 N–H and O–H groups in total. The Bertz CT molecular complexity index is 504. The number of hydrogen-bond donors (Lipinski definition) is 2. The molecule has 1 aliphatic rings. The SMILES string of the molecule is CO[C@]1(C)C[C@H](NC(=O)N[C@@H](C)c2ccccn2)C1(C)C. The fourth-order valence-electron chi connectivity index (χ4n) is 2.83. The highest BCUT2D eigenvalue weighted by Crippen LogP contribution is 2.51. The van der Waals surface area contributed by atoms with Gasteiger partial charge in [0.1, 0.15) is 0 Å². The number of nitrogens with zero attached hydrogens (tertiary/aromatic N) is 1. The summed E-state index contributed by atoms with van der Waals surface area (Å²) >= 11 is 0. The van der Waals surface area contributed by atoms with E-state index in [1.165, 1.54) is 0 Å². The van der Waals surface area contributed by atoms with Crippen molar-refractivity contribution < 1.29 is 9.53 Å². The highest BCUT2D eigenvalue weighted by Gasteiger charge is 2.58. The summed E-state index contributed by atoms with van der Waals surface area (Å²) in [5.41, 5.74) is 0.576. The quantitative estimate of drug-likeness (QED) is 0.896. The molecule has 1 heterocycles. The number of amides is 2. The number of pyridine rings is 1. The van der Waals surface area contributed by atoms with Crippen molar-refractivity contribution in [3.63, 3.8) is 0 Å². The highest BCUT2D eigenvalue weighted by atomic mass is 16.5. The third-order valence-electron chi connectivity index (χ3n) is 5.06. The Labute approximate surface area is 126 Å². The number of rotatable bonds is 4. The van der Waals surface area contributed by atoms with Crippen LogP contribution in [0, 0.1) is 5.41 Å². The van der Waals surface area contributed by atoms with E-state index in [2.05, 4.69) is 36.4 Å². The van der Waals surface area contributed by atoms with E-state index in [4.69, 9.17) is 4.74 Å². The molecular weight excluding hydrogens is 266 g/mol. The van der Waals surface area contributed by atoms with Crippen LogP contribution >= 0.6 is 0 Å². The van der Waals surface area contributed by atoms with Crippen molar-refractivity contribution >= 4 is 6.03 Å². The summed E-state index contributed by atoms with van der Waals surface area (Å²) < 4.78 is 5.57. The number of hydrogen-bond acceptors (Lipinski definition) is 3. The van der Waals surface area contributed by atoms with Crippen LogP contribution in [-0.4, -0.2) is 29.8 Å². The van der Waals surface area contributed by atoms with E-state index in [1.54, 1.807) is 13.3 Å². The highest BCUT2D eigenvalue weighted by molar-refractivity contribution is 5.75. The maximum Gasteiger partial charge on any atom is 0.315 e. The molecule has 0 aliphatic heterocycles. The second-order valence-electron chi connectivity index (χ2n) is 6.51. The summed E-state index contributed by atoms with van der Waals surface area (Å²) in [4.78, 5) is 16.4. The van der Waals surface area contributed by atoms with Crippen LogP contribution in [0.15, 0.2) is 24.4 Å². The molecule has 21 heavy (non-hydrogen) atoms. The molecule has 0 unspecified atom stereocenters. The first-order valence-electron chi connectivity index (χ1n) is 7.33. The molecule has 5 heteroatoms. The van der Waals surface area contributed by atoms with Crippen LogP contribution in [0.4, 0.5) is 4.79 Å². The van der Waals surface area contributed by atoms with E-state index in [9.17, 15) is 4.79 Å². The Kier molecular flexibility index (Phi) is 4.23. The molecule has 2 amide bonds. The lowest BCUT2D eigenvalue weighted by atomic mass is 9.56. The lowest BCUT2D eigenvalue weighted by molar-refractivity contribution is -0.177. The van der Waals surface area contributed by atoms with Gasteiger partial charge in [-0.1, -0.05) is 19.9 Å². The van der Waals surface area contributed by atoms with Gasteiger partial charge >= 0.3 is 6.03 Å². The predicted octanol–water partition coefficient (Wildman–Crippen LogP) is 2.65. The summed E-state index contributed by atoms with van der Waals surface area (Å²) in [5, 5.41) is 5.96. The Hall–Kier alpha value is -1.62. The van der Waals surface area contributed by atoms with Crippen molar-refractivity contribution in [3.8, 4) is 0 Å². The van der Waals surface area contributed by atoms with Gasteiger partial charge in [0, 0.05) is 24.8 Å². The standard InChI is InChI=1S/C16H25N3O2/c1-11(12-8-6-7-9-17-12)18-14(20)19-13-10-16(4,21-5)15(13,2)3/h6-9,11,13H,10H2,1-5H3,(H2,18,19,20)/t11-,13-,16+/m0/s1. The van der Waals surface area contributed by atoms with Gasteiger partial charge in [-0.05, 0) is 32.4 Å². The Morgan fingerprint density at radius 2 is 2.14 bits per heavy atom. The summed E-state index contributed by atoms with van der Waals surface area (Å²) in [6.07, 6.45) is 2.55. The summed E-state index contributed by atoms with van der Waals surface area (Å²) in [6, 6.07) is 5.50. The van der Waals surface area contributed by atoms with Gasteiger partial charge in [0.2, 0.25) is 0 Å². The minimum atomic E-state index is -0.183. The molecule has 1 aromatic heterocycles. The molecular formula is C16H25N3O2. The number of ether oxygens (including phenoxy) is 1. The van der Waals surface area contributed by atoms with Gasteiger partial charge in [0.15, 0.2) is 0 Å². The Morgan fingerprint density at radius 1 is 1.43 bits per heavy atom. The zero-order valence-corrected chi connectivity index (χ0v) is 13.4. The minimum absolute atomic E-state index is 0.0900. The van der Waals surface area contributed by atoms with E-state index >= 15 is 0 Å². The van der Waals surface area contributed by atoms with Crippen molar-refractivity contribution in [1.29, 1.82) is 0 Å². The van der Waals surface area contributed by atoms with Crippen molar-refractivity contribution in [2.75, 3.05) is 7.11 Å². The Balaban J connectivity index is 1.89. The number of methoxy groups -OCH3 is 1. The van der Waals surface area contributed by atoms with Crippen LogP contribution in [0.2, 0.25) is 0 Å². The van der Waals surface area contributed by atoms with E-state index in [0.29, 0.717) is 0 Å². The number of carbonyl (C=O) groups excluding carboxylic acids is 1. The van der Waals surface area contributed by atoms with Gasteiger partial charge in [-0.3, -0.25) is 4.98 Å². The van der Waals surface area contributed by atoms with Gasteiger partial charge in [0.05, 0.1) is 17.3 Å². The fraction of sp³-hybridized carbons (Fsp3) is 0.625. The molecule has 0 aromatic carbocycles. The molecule has 2 rings (SSSR count). The van der Waals surface area contributed by atoms with Gasteiger partial charge < -0.3 is 15.4 Å². The molecule has 5 nitrogen and oxygen atoms in total. The molecule has 1 saturated carbocycles. The lowest BCUT2D eigenvalue weighted by Gasteiger charge is -2.59. The fourth-order valence-corrected chi connectivity index (χ4v) is 2.83. The van der Waals surface area contributed by atoms with Crippen LogP contribution in [0.3, 0.4) is 0 Å². The van der Waals surface area contributed by atoms with E-state index in [-0.39, 0.29) is 29.1 Å². The molecule has 116 valence electrons. The molecule has 1 aromatic rings. The van der Waals surface area contributed by atoms with Crippen LogP contribution in [0.25, 0.3) is 0 Å². The van der Waals surface area contributed by atoms with Crippen LogP contribution < -0.4 is 10.6 Å². The van der Waals surface area contributed by atoms with Crippen LogP contribution in [0.1, 0.15) is 45.9 Å². The molecule has 0 spiro atoms. The number of aromatic nitrogens is 1. The summed E-state index contributed by atoms with van der Waals surface area (Å²) in [6.45, 7) is 8.24. The predicted molar refractivity (Wildman–Crippen MR) is 81.9 cm³/mol. The second-order valence-corrected chi connectivity index (χ2v) is 6.51. The average molecular weight is 291 g/mol. The minimum Gasteiger partial charge on any atom is -0.378 e. The normalized spacial score (nSPS) is 28.3. The van der Waals surface area contributed by atoms with Crippen LogP contribution in [0.5, 0.6) is 0 Å². The smallest absolute Gasteiger partial charge is 0.315 e. The Morgan fingerprint density at radius 3 is 2.67 bits per heavy atom. The largest absolute Gasteiger partial charge is 0.378 e. The van der Waals surface area contributed by atoms with Gasteiger partial charge in [-0.15, -0.1) is 0 Å². The number of carbonyl (C=O) groups is 1. The zero-order chi connectivity index (χ0) is 15.7. The topological polar surface area (TPSA) is 63.2 Å². The average Bonchev–Trinajstić information content (AvgIpc) is 2.47. The molecule has 0 bridgehead atoms. The molecule has 0 saturated heterocycles. The van der Waals surface area contributed by atoms with Crippen LogP contribution in [-0.2, 0) is 4.74 Å². The molecule has 1 aliphatic carbocycles. The molecule has 3 atom stereocenters. The van der Waals surface area contributed by atoms with Gasteiger partial charge in [-0.2, -0.15) is 0 Å². The van der Waals surface area contributed by atoms with Crippen molar-refractivity contribution in [3.05, 3.63) is 30.1 Å². The van der Waals surface area contributed by atoms with Gasteiger partial charge in [0.25, 0.3) is 0 Å². The van der Waals surface area contributed by atoms with Crippen molar-refractivity contribution in [1.82, 2.24) is 15.6 Å². The molecule has 0 radical (unpaired) electrons. The monoisotopic (exact) mass is 291 g/mol. The maximum atomic E-state index is 12.1. The second kappa shape index (κ2) is 5.64. The lowest BCUT2D eigenvalue weighted by Crippen LogP contribution is -2.69. The maximum absolute atomic E-state index is 12.1. The van der Waals surface area contributed by atoms with Crippen molar-refractivity contribution in [2.24, 2.45) is 5.41 Å². The number of nitrogens with one attached hydrogen (secondary N) is 2. The van der Waals surface area contributed by atoms with E-state index < -0.39 is 0 Å². The zero-order valence-electron chi connectivity index (χ0n) is 13.4.